The Labute approximate surface area is 149 Å². The standard InChI is InChI=1S/C19H24N2O2.ClH/c1-14-7-9-16(10-8-14)18(20)19(23)21-13-17(11-12-22)15-5-3-2-4-6-15;/h2-10,17-18,22H,11-13,20H2,1H3,(H,21,23);1H. The first-order chi connectivity index (χ1) is 11.1. The molecule has 130 valence electrons. The number of aliphatic hydroxyl groups is 1. The minimum atomic E-state index is -0.679. The van der Waals surface area contributed by atoms with E-state index in [2.05, 4.69) is 5.32 Å². The largest absolute Gasteiger partial charge is 0.396 e. The number of rotatable bonds is 7. The fraction of sp³-hybridized carbons (Fsp3) is 0.316. The molecule has 2 unspecified atom stereocenters. The predicted molar refractivity (Wildman–Crippen MR) is 99.3 cm³/mol. The van der Waals surface area contributed by atoms with Crippen LogP contribution in [0.2, 0.25) is 0 Å². The molecule has 0 aromatic heterocycles. The summed E-state index contributed by atoms with van der Waals surface area (Å²) in [5.74, 6) is -0.122. The lowest BCUT2D eigenvalue weighted by Gasteiger charge is -2.19. The van der Waals surface area contributed by atoms with E-state index in [0.717, 1.165) is 16.7 Å². The van der Waals surface area contributed by atoms with E-state index in [1.807, 2.05) is 61.5 Å². The molecule has 0 heterocycles. The number of halogens is 1. The molecule has 0 fully saturated rings. The maximum absolute atomic E-state index is 12.3. The van der Waals surface area contributed by atoms with E-state index in [-0.39, 0.29) is 30.8 Å². The van der Waals surface area contributed by atoms with Crippen LogP contribution < -0.4 is 11.1 Å². The molecule has 2 atom stereocenters. The van der Waals surface area contributed by atoms with Gasteiger partial charge in [-0.2, -0.15) is 0 Å². The molecule has 0 aliphatic rings. The van der Waals surface area contributed by atoms with Crippen LogP contribution in [-0.2, 0) is 4.79 Å². The maximum Gasteiger partial charge on any atom is 0.241 e. The first-order valence-corrected chi connectivity index (χ1v) is 7.87. The lowest BCUT2D eigenvalue weighted by Crippen LogP contribution is -2.36. The highest BCUT2D eigenvalue weighted by atomic mass is 35.5. The van der Waals surface area contributed by atoms with E-state index < -0.39 is 6.04 Å². The molecule has 2 aromatic carbocycles. The molecule has 0 saturated carbocycles. The average molecular weight is 349 g/mol. The minimum absolute atomic E-state index is 0. The molecule has 0 spiro atoms. The van der Waals surface area contributed by atoms with Gasteiger partial charge >= 0.3 is 0 Å². The Morgan fingerprint density at radius 1 is 1.08 bits per heavy atom. The summed E-state index contributed by atoms with van der Waals surface area (Å²) in [6, 6.07) is 16.8. The number of aliphatic hydroxyl groups excluding tert-OH is 1. The van der Waals surface area contributed by atoms with E-state index in [1.54, 1.807) is 0 Å². The van der Waals surface area contributed by atoms with Crippen LogP contribution in [0.3, 0.4) is 0 Å². The molecule has 0 aliphatic carbocycles. The third kappa shape index (κ3) is 5.64. The van der Waals surface area contributed by atoms with Gasteiger partial charge in [-0.05, 0) is 24.5 Å². The number of benzene rings is 2. The van der Waals surface area contributed by atoms with E-state index in [9.17, 15) is 9.90 Å². The van der Waals surface area contributed by atoms with Crippen molar-refractivity contribution in [1.29, 1.82) is 0 Å². The summed E-state index contributed by atoms with van der Waals surface area (Å²) in [6.45, 7) is 2.54. The first-order valence-electron chi connectivity index (χ1n) is 7.87. The van der Waals surface area contributed by atoms with Gasteiger partial charge in [-0.1, -0.05) is 60.2 Å². The third-order valence-electron chi connectivity index (χ3n) is 3.99. The molecule has 24 heavy (non-hydrogen) atoms. The zero-order valence-corrected chi connectivity index (χ0v) is 14.6. The van der Waals surface area contributed by atoms with E-state index in [0.29, 0.717) is 13.0 Å². The monoisotopic (exact) mass is 348 g/mol. The topological polar surface area (TPSA) is 75.4 Å². The zero-order chi connectivity index (χ0) is 16.7. The highest BCUT2D eigenvalue weighted by molar-refractivity contribution is 5.85. The van der Waals surface area contributed by atoms with Gasteiger partial charge in [-0.15, -0.1) is 12.4 Å². The molecule has 2 rings (SSSR count). The Morgan fingerprint density at radius 2 is 1.71 bits per heavy atom. The van der Waals surface area contributed by atoms with Crippen molar-refractivity contribution in [3.05, 3.63) is 71.3 Å². The van der Waals surface area contributed by atoms with Gasteiger partial charge in [0, 0.05) is 19.1 Å². The zero-order valence-electron chi connectivity index (χ0n) is 13.8. The molecule has 5 heteroatoms. The van der Waals surface area contributed by atoms with Crippen molar-refractivity contribution in [3.8, 4) is 0 Å². The van der Waals surface area contributed by atoms with Gasteiger partial charge < -0.3 is 16.2 Å². The quantitative estimate of drug-likeness (QED) is 0.720. The van der Waals surface area contributed by atoms with Crippen LogP contribution >= 0.6 is 12.4 Å². The number of amides is 1. The summed E-state index contributed by atoms with van der Waals surface area (Å²) < 4.78 is 0. The fourth-order valence-corrected chi connectivity index (χ4v) is 2.53. The normalized spacial score (nSPS) is 12.8. The van der Waals surface area contributed by atoms with Crippen molar-refractivity contribution in [3.63, 3.8) is 0 Å². The van der Waals surface area contributed by atoms with Gasteiger partial charge in [-0.3, -0.25) is 4.79 Å². The smallest absolute Gasteiger partial charge is 0.241 e. The number of hydrogen-bond donors (Lipinski definition) is 3. The third-order valence-corrected chi connectivity index (χ3v) is 3.99. The molecule has 4 N–H and O–H groups in total. The number of carbonyl (C=O) groups is 1. The van der Waals surface area contributed by atoms with Crippen molar-refractivity contribution >= 4 is 18.3 Å². The summed E-state index contributed by atoms with van der Waals surface area (Å²) >= 11 is 0. The summed E-state index contributed by atoms with van der Waals surface area (Å²) in [5.41, 5.74) is 9.06. The molecule has 2 aromatic rings. The fourth-order valence-electron chi connectivity index (χ4n) is 2.53. The summed E-state index contributed by atoms with van der Waals surface area (Å²) in [4.78, 5) is 12.3. The summed E-state index contributed by atoms with van der Waals surface area (Å²) in [5, 5.41) is 12.1. The number of hydrogen-bond acceptors (Lipinski definition) is 3. The Balaban J connectivity index is 0.00000288. The number of carbonyl (C=O) groups excluding carboxylic acids is 1. The van der Waals surface area contributed by atoms with Crippen LogP contribution in [0.5, 0.6) is 0 Å². The average Bonchev–Trinajstić information content (AvgIpc) is 2.59. The van der Waals surface area contributed by atoms with Gasteiger partial charge in [-0.25, -0.2) is 0 Å². The van der Waals surface area contributed by atoms with E-state index in [1.165, 1.54) is 0 Å². The van der Waals surface area contributed by atoms with Gasteiger partial charge in [0.25, 0.3) is 0 Å². The van der Waals surface area contributed by atoms with Crippen LogP contribution in [-0.4, -0.2) is 24.2 Å². The Bertz CT molecular complexity index is 617. The van der Waals surface area contributed by atoms with Crippen LogP contribution in [0.4, 0.5) is 0 Å². The minimum Gasteiger partial charge on any atom is -0.396 e. The molecule has 4 nitrogen and oxygen atoms in total. The lowest BCUT2D eigenvalue weighted by molar-refractivity contribution is -0.122. The van der Waals surface area contributed by atoms with Gasteiger partial charge in [0.2, 0.25) is 5.91 Å². The number of nitrogens with one attached hydrogen (secondary N) is 1. The Hall–Kier alpha value is -1.88. The SMILES string of the molecule is Cc1ccc(C(N)C(=O)NCC(CCO)c2ccccc2)cc1.Cl. The predicted octanol–water partition coefficient (Wildman–Crippen LogP) is 2.70. The van der Waals surface area contributed by atoms with E-state index >= 15 is 0 Å². The molecule has 0 saturated heterocycles. The molecule has 0 aliphatic heterocycles. The Morgan fingerprint density at radius 3 is 2.29 bits per heavy atom. The second-order valence-corrected chi connectivity index (χ2v) is 5.75. The highest BCUT2D eigenvalue weighted by Crippen LogP contribution is 2.19. The lowest BCUT2D eigenvalue weighted by atomic mass is 9.95. The molecule has 0 radical (unpaired) electrons. The summed E-state index contributed by atoms with van der Waals surface area (Å²) in [6.07, 6.45) is 0.601. The molecular weight excluding hydrogens is 324 g/mol. The van der Waals surface area contributed by atoms with Crippen molar-refractivity contribution < 1.29 is 9.90 Å². The van der Waals surface area contributed by atoms with Crippen LogP contribution in [0.15, 0.2) is 54.6 Å². The van der Waals surface area contributed by atoms with Crippen LogP contribution in [0.1, 0.15) is 35.1 Å². The van der Waals surface area contributed by atoms with Crippen LogP contribution in [0, 0.1) is 6.92 Å². The van der Waals surface area contributed by atoms with E-state index in [4.69, 9.17) is 5.73 Å². The first kappa shape index (κ1) is 20.2. The second-order valence-electron chi connectivity index (χ2n) is 5.75. The Kier molecular flexibility index (Phi) is 8.47. The van der Waals surface area contributed by atoms with Crippen molar-refractivity contribution in [2.45, 2.75) is 25.3 Å². The second kappa shape index (κ2) is 10.1. The maximum atomic E-state index is 12.3. The number of aryl methyl sites for hydroxylation is 1. The van der Waals surface area contributed by atoms with Crippen molar-refractivity contribution in [1.82, 2.24) is 5.32 Å². The molecule has 0 bridgehead atoms. The number of nitrogens with two attached hydrogens (primary N) is 1. The molecular formula is C19H25ClN2O2. The van der Waals surface area contributed by atoms with Gasteiger partial charge in [0.05, 0.1) is 0 Å². The highest BCUT2D eigenvalue weighted by Gasteiger charge is 2.18. The molecule has 1 amide bonds. The van der Waals surface area contributed by atoms with Gasteiger partial charge in [0.1, 0.15) is 6.04 Å². The van der Waals surface area contributed by atoms with Crippen molar-refractivity contribution in [2.24, 2.45) is 5.73 Å². The summed E-state index contributed by atoms with van der Waals surface area (Å²) in [7, 11) is 0. The van der Waals surface area contributed by atoms with Gasteiger partial charge in [0.15, 0.2) is 0 Å². The van der Waals surface area contributed by atoms with Crippen LogP contribution in [0.25, 0.3) is 0 Å². The van der Waals surface area contributed by atoms with Crippen molar-refractivity contribution in [2.75, 3.05) is 13.2 Å².